The number of carbonyl (C=O) groups excluding carboxylic acids is 3. The van der Waals surface area contributed by atoms with Crippen molar-refractivity contribution in [1.29, 1.82) is 0 Å². The van der Waals surface area contributed by atoms with Crippen molar-refractivity contribution >= 4 is 17.7 Å². The van der Waals surface area contributed by atoms with Gasteiger partial charge in [0.15, 0.2) is 0 Å². The molecule has 4 aliphatic rings. The van der Waals surface area contributed by atoms with Crippen molar-refractivity contribution < 1.29 is 28.6 Å². The van der Waals surface area contributed by atoms with Crippen molar-refractivity contribution in [2.45, 2.75) is 65.0 Å². The first-order valence-electron chi connectivity index (χ1n) is 8.89. The van der Waals surface area contributed by atoms with E-state index in [2.05, 4.69) is 0 Å². The van der Waals surface area contributed by atoms with E-state index in [0.29, 0.717) is 12.8 Å². The van der Waals surface area contributed by atoms with E-state index in [1.165, 1.54) is 0 Å². The summed E-state index contributed by atoms with van der Waals surface area (Å²) in [4.78, 5) is 38.0. The van der Waals surface area contributed by atoms with Crippen molar-refractivity contribution in [2.24, 2.45) is 22.7 Å². The smallest absolute Gasteiger partial charge is 0.353 e. The lowest BCUT2D eigenvalue weighted by Gasteiger charge is -2.42. The Morgan fingerprint density at radius 2 is 1.88 bits per heavy atom. The van der Waals surface area contributed by atoms with Crippen LogP contribution in [-0.4, -0.2) is 35.2 Å². The molecule has 0 aromatic carbocycles. The minimum atomic E-state index is -1.40. The molecule has 25 heavy (non-hydrogen) atoms. The van der Waals surface area contributed by atoms with E-state index in [1.54, 1.807) is 19.1 Å². The number of hydrogen-bond acceptors (Lipinski definition) is 6. The quantitative estimate of drug-likeness (QED) is 0.562. The first-order valence-corrected chi connectivity index (χ1v) is 8.89. The minimum Gasteiger partial charge on any atom is -0.446 e. The van der Waals surface area contributed by atoms with Crippen LogP contribution in [0.5, 0.6) is 0 Å². The fourth-order valence-electron chi connectivity index (χ4n) is 4.87. The normalized spacial score (nSPS) is 49.4. The Morgan fingerprint density at radius 1 is 1.20 bits per heavy atom. The van der Waals surface area contributed by atoms with E-state index in [-0.39, 0.29) is 23.8 Å². The Balaban J connectivity index is 1.67. The van der Waals surface area contributed by atoms with Gasteiger partial charge >= 0.3 is 11.9 Å². The minimum absolute atomic E-state index is 0.00508. The zero-order valence-electron chi connectivity index (χ0n) is 15.3. The predicted molar refractivity (Wildman–Crippen MR) is 86.1 cm³/mol. The molecule has 3 fully saturated rings. The second-order valence-corrected chi connectivity index (χ2v) is 8.64. The summed E-state index contributed by atoms with van der Waals surface area (Å²) in [6.45, 7) is 9.10. The van der Waals surface area contributed by atoms with Crippen LogP contribution in [0.3, 0.4) is 0 Å². The number of esters is 2. The number of rotatable bonds is 2. The van der Waals surface area contributed by atoms with Gasteiger partial charge in [-0.2, -0.15) is 0 Å². The first-order chi connectivity index (χ1) is 11.5. The van der Waals surface area contributed by atoms with Crippen LogP contribution >= 0.6 is 0 Å². The van der Waals surface area contributed by atoms with Gasteiger partial charge in [0.1, 0.15) is 5.78 Å². The standard InChI is InChI=1S/C19H24O6/c1-10-12-6-7-19(23-12,11(2)13(10)20)25-15(22)18-9-8-17(5,14(21)24-18)16(18,3)4/h6-7,10-12H,8-9H2,1-5H3/t10-,11-,12-,17-,18+,19+/m0/s1. The highest BCUT2D eigenvalue weighted by atomic mass is 16.7. The Bertz CT molecular complexity index is 723. The van der Waals surface area contributed by atoms with E-state index in [1.807, 2.05) is 27.7 Å². The molecule has 0 aromatic heterocycles. The van der Waals surface area contributed by atoms with E-state index < -0.39 is 34.1 Å². The summed E-state index contributed by atoms with van der Waals surface area (Å²) in [5, 5.41) is 0. The fourth-order valence-corrected chi connectivity index (χ4v) is 4.87. The third-order valence-corrected chi connectivity index (χ3v) is 7.48. The molecule has 0 unspecified atom stereocenters. The number of fused-ring (bicyclic) bond motifs is 4. The molecular weight excluding hydrogens is 324 g/mol. The summed E-state index contributed by atoms with van der Waals surface area (Å²) in [5.74, 6) is -3.25. The van der Waals surface area contributed by atoms with Crippen molar-refractivity contribution in [3.8, 4) is 0 Å². The van der Waals surface area contributed by atoms with Crippen molar-refractivity contribution in [1.82, 2.24) is 0 Å². The zero-order valence-corrected chi connectivity index (χ0v) is 15.3. The molecule has 3 heterocycles. The van der Waals surface area contributed by atoms with Crippen LogP contribution in [0.15, 0.2) is 12.2 Å². The third-order valence-electron chi connectivity index (χ3n) is 7.48. The monoisotopic (exact) mass is 348 g/mol. The number of Topliss-reactive ketones (excluding diaryl/α,β-unsaturated/α-hetero) is 1. The van der Waals surface area contributed by atoms with Gasteiger partial charge in [-0.25, -0.2) is 4.79 Å². The molecule has 1 saturated carbocycles. The fraction of sp³-hybridized carbons (Fsp3) is 0.737. The Hall–Kier alpha value is -1.69. The van der Waals surface area contributed by atoms with Crippen LogP contribution in [0.25, 0.3) is 0 Å². The largest absolute Gasteiger partial charge is 0.446 e. The van der Waals surface area contributed by atoms with Crippen LogP contribution in [0.1, 0.15) is 47.5 Å². The van der Waals surface area contributed by atoms with Crippen molar-refractivity contribution in [2.75, 3.05) is 0 Å². The van der Waals surface area contributed by atoms with Gasteiger partial charge in [-0.05, 0) is 32.8 Å². The van der Waals surface area contributed by atoms with E-state index in [0.717, 1.165) is 0 Å². The second-order valence-electron chi connectivity index (χ2n) is 8.64. The molecule has 6 atom stereocenters. The maximum Gasteiger partial charge on any atom is 0.353 e. The van der Waals surface area contributed by atoms with E-state index in [9.17, 15) is 14.4 Å². The van der Waals surface area contributed by atoms with Crippen LogP contribution in [0, 0.1) is 22.7 Å². The molecule has 0 spiro atoms. The van der Waals surface area contributed by atoms with Gasteiger partial charge in [0.05, 0.1) is 17.4 Å². The van der Waals surface area contributed by atoms with E-state index in [4.69, 9.17) is 14.2 Å². The Kier molecular flexibility index (Phi) is 3.03. The summed E-state index contributed by atoms with van der Waals surface area (Å²) >= 11 is 0. The Morgan fingerprint density at radius 3 is 2.44 bits per heavy atom. The molecule has 2 saturated heterocycles. The summed E-state index contributed by atoms with van der Waals surface area (Å²) < 4.78 is 17.3. The van der Waals surface area contributed by atoms with Gasteiger partial charge in [-0.1, -0.05) is 26.8 Å². The maximum atomic E-state index is 13.2. The van der Waals surface area contributed by atoms with Gasteiger partial charge in [-0.15, -0.1) is 0 Å². The zero-order chi connectivity index (χ0) is 18.4. The van der Waals surface area contributed by atoms with Crippen molar-refractivity contribution in [3.63, 3.8) is 0 Å². The maximum absolute atomic E-state index is 13.2. The lowest BCUT2D eigenvalue weighted by atomic mass is 9.66. The molecular formula is C19H24O6. The molecule has 0 amide bonds. The summed E-state index contributed by atoms with van der Waals surface area (Å²) in [6, 6.07) is 0. The molecule has 6 heteroatoms. The highest BCUT2D eigenvalue weighted by molar-refractivity contribution is 5.94. The molecule has 0 aromatic rings. The lowest BCUT2D eigenvalue weighted by Crippen LogP contribution is -2.57. The topological polar surface area (TPSA) is 78.9 Å². The molecule has 136 valence electrons. The molecule has 6 nitrogen and oxygen atoms in total. The van der Waals surface area contributed by atoms with Crippen LogP contribution in [-0.2, 0) is 28.6 Å². The van der Waals surface area contributed by atoms with Crippen LogP contribution in [0.2, 0.25) is 0 Å². The van der Waals surface area contributed by atoms with Gasteiger partial charge in [0.2, 0.25) is 11.4 Å². The number of hydrogen-bond donors (Lipinski definition) is 0. The average molecular weight is 348 g/mol. The summed E-state index contributed by atoms with van der Waals surface area (Å²) in [6.07, 6.45) is 4.05. The Labute approximate surface area is 146 Å². The van der Waals surface area contributed by atoms with Gasteiger partial charge in [-0.3, -0.25) is 9.59 Å². The second kappa shape index (κ2) is 4.53. The van der Waals surface area contributed by atoms with Crippen molar-refractivity contribution in [3.05, 3.63) is 12.2 Å². The van der Waals surface area contributed by atoms with E-state index >= 15 is 0 Å². The SMILES string of the molecule is C[C@@H]1C(=O)[C@H](C)[C@]2(OC(=O)[C@@]34CC[C@@](C)(C(=O)O3)C4(C)C)C=C[C@@H]1O2. The van der Waals surface area contributed by atoms with Gasteiger partial charge < -0.3 is 14.2 Å². The van der Waals surface area contributed by atoms with Crippen LogP contribution < -0.4 is 0 Å². The number of carbonyl (C=O) groups is 3. The first kappa shape index (κ1) is 16.8. The highest BCUT2D eigenvalue weighted by Gasteiger charge is 2.77. The molecule has 0 N–H and O–H groups in total. The summed E-state index contributed by atoms with van der Waals surface area (Å²) in [5.41, 5.74) is -2.72. The summed E-state index contributed by atoms with van der Waals surface area (Å²) in [7, 11) is 0. The van der Waals surface area contributed by atoms with Gasteiger partial charge in [0, 0.05) is 11.3 Å². The lowest BCUT2D eigenvalue weighted by molar-refractivity contribution is -0.258. The number of ether oxygens (including phenoxy) is 3. The molecule has 1 aliphatic carbocycles. The predicted octanol–water partition coefficient (Wildman–Crippen LogP) is 2.16. The molecule has 3 aliphatic heterocycles. The number of ketones is 1. The molecule has 4 bridgehead atoms. The average Bonchev–Trinajstić information content (AvgIpc) is 3.09. The van der Waals surface area contributed by atoms with Gasteiger partial charge in [0.25, 0.3) is 0 Å². The van der Waals surface area contributed by atoms with Crippen LogP contribution in [0.4, 0.5) is 0 Å². The molecule has 4 rings (SSSR count). The highest BCUT2D eigenvalue weighted by Crippen LogP contribution is 2.66. The molecule has 0 radical (unpaired) electrons. The third kappa shape index (κ3) is 1.67.